The molecular weight excluding hydrogens is 368 g/mol. The van der Waals surface area contributed by atoms with E-state index < -0.39 is 17.5 Å². The van der Waals surface area contributed by atoms with Crippen LogP contribution in [0.1, 0.15) is 51.1 Å². The number of benzene rings is 1. The Morgan fingerprint density at radius 2 is 2.11 bits per heavy atom. The Kier molecular flexibility index (Phi) is 5.72. The molecule has 4 amide bonds. The van der Waals surface area contributed by atoms with Crippen LogP contribution in [0.2, 0.25) is 5.02 Å². The van der Waals surface area contributed by atoms with Gasteiger partial charge in [0.15, 0.2) is 6.54 Å². The lowest BCUT2D eigenvalue weighted by atomic mass is 9.77. The summed E-state index contributed by atoms with van der Waals surface area (Å²) in [7, 11) is 0. The van der Waals surface area contributed by atoms with Gasteiger partial charge in [-0.15, -0.1) is 0 Å². The second-order valence-electron chi connectivity index (χ2n) is 7.65. The van der Waals surface area contributed by atoms with Gasteiger partial charge in [-0.3, -0.25) is 15.0 Å². The molecule has 0 aromatic heterocycles. The van der Waals surface area contributed by atoms with Crippen LogP contribution >= 0.6 is 11.6 Å². The molecule has 1 saturated heterocycles. The molecule has 27 heavy (non-hydrogen) atoms. The van der Waals surface area contributed by atoms with E-state index in [0.717, 1.165) is 23.4 Å². The van der Waals surface area contributed by atoms with Gasteiger partial charge in [0, 0.05) is 10.6 Å². The molecule has 1 atom stereocenters. The largest absolute Gasteiger partial charge is 0.344 e. The summed E-state index contributed by atoms with van der Waals surface area (Å²) >= 11 is 6.00. The van der Waals surface area contributed by atoms with Gasteiger partial charge in [-0.1, -0.05) is 30.7 Å². The van der Waals surface area contributed by atoms with Crippen LogP contribution < -0.4 is 16.1 Å². The Morgan fingerprint density at radius 3 is 2.78 bits per heavy atom. The number of nitrogens with two attached hydrogens (primary N) is 1. The molecule has 1 saturated carbocycles. The van der Waals surface area contributed by atoms with Gasteiger partial charge in [-0.05, 0) is 50.7 Å². The number of carbonyl (C=O) groups excluding carboxylic acids is 3. The normalized spacial score (nSPS) is 26.2. The number of imide groups is 1. The third-order valence-electron chi connectivity index (χ3n) is 5.56. The number of hydrazine groups is 1. The minimum Gasteiger partial charge on any atom is -0.332 e. The first-order valence-corrected chi connectivity index (χ1v) is 9.73. The lowest BCUT2D eigenvalue weighted by Gasteiger charge is -2.33. The summed E-state index contributed by atoms with van der Waals surface area (Å²) in [5, 5.41) is 6.11. The monoisotopic (exact) mass is 393 g/mol. The summed E-state index contributed by atoms with van der Waals surface area (Å²) in [5.74, 6) is -0.198. The van der Waals surface area contributed by atoms with Gasteiger partial charge in [-0.2, -0.15) is 5.01 Å². The van der Waals surface area contributed by atoms with Crippen LogP contribution in [0.15, 0.2) is 24.3 Å². The Balaban J connectivity index is 1.54. The number of urea groups is 1. The number of quaternary nitrogens is 1. The summed E-state index contributed by atoms with van der Waals surface area (Å²) in [6.45, 7) is 4.20. The lowest BCUT2D eigenvalue weighted by molar-refractivity contribution is -0.682. The van der Waals surface area contributed by atoms with Crippen LogP contribution in [0.4, 0.5) is 4.79 Å². The first kappa shape index (κ1) is 19.6. The van der Waals surface area contributed by atoms with E-state index in [0.29, 0.717) is 23.8 Å². The average molecular weight is 394 g/mol. The van der Waals surface area contributed by atoms with Gasteiger partial charge in [0.25, 0.3) is 11.8 Å². The smallest absolute Gasteiger partial charge is 0.332 e. The van der Waals surface area contributed by atoms with Crippen LogP contribution in [-0.2, 0) is 9.59 Å². The highest BCUT2D eigenvalue weighted by atomic mass is 35.5. The number of halogens is 1. The molecular formula is C19H26ClN4O3+. The van der Waals surface area contributed by atoms with Crippen LogP contribution in [0.25, 0.3) is 0 Å². The first-order valence-electron chi connectivity index (χ1n) is 9.36. The highest BCUT2D eigenvalue weighted by molar-refractivity contribution is 6.30. The molecule has 0 radical (unpaired) electrons. The van der Waals surface area contributed by atoms with Crippen molar-refractivity contribution in [2.24, 2.45) is 5.92 Å². The van der Waals surface area contributed by atoms with E-state index in [1.165, 1.54) is 0 Å². The molecule has 1 spiro atoms. The summed E-state index contributed by atoms with van der Waals surface area (Å²) in [4.78, 5) is 37.2. The molecule has 2 fully saturated rings. The average Bonchev–Trinajstić information content (AvgIpc) is 2.86. The summed E-state index contributed by atoms with van der Waals surface area (Å²) in [6, 6.07) is 6.92. The molecule has 2 aliphatic rings. The number of rotatable bonds is 5. The second kappa shape index (κ2) is 7.86. The zero-order chi connectivity index (χ0) is 19.6. The zero-order valence-corrected chi connectivity index (χ0v) is 16.4. The summed E-state index contributed by atoms with van der Waals surface area (Å²) < 4.78 is 0. The van der Waals surface area contributed by atoms with Crippen molar-refractivity contribution in [2.75, 3.05) is 6.54 Å². The first-order chi connectivity index (χ1) is 12.8. The number of carbonyl (C=O) groups is 3. The van der Waals surface area contributed by atoms with Crippen molar-refractivity contribution in [2.45, 2.75) is 51.1 Å². The van der Waals surface area contributed by atoms with Gasteiger partial charge in [-0.25, -0.2) is 4.79 Å². The molecule has 1 aliphatic heterocycles. The van der Waals surface area contributed by atoms with Crippen molar-refractivity contribution in [3.8, 4) is 0 Å². The van der Waals surface area contributed by atoms with Crippen LogP contribution in [-0.4, -0.2) is 34.9 Å². The van der Waals surface area contributed by atoms with E-state index >= 15 is 0 Å². The Hall–Kier alpha value is -2.12. The molecule has 0 unspecified atom stereocenters. The number of hydrogen-bond acceptors (Lipinski definition) is 3. The fourth-order valence-electron chi connectivity index (χ4n) is 3.70. The van der Waals surface area contributed by atoms with Crippen molar-refractivity contribution >= 4 is 29.4 Å². The predicted molar refractivity (Wildman–Crippen MR) is 101 cm³/mol. The Morgan fingerprint density at radius 1 is 1.41 bits per heavy atom. The number of nitrogens with zero attached hydrogens (tertiary/aromatic N) is 1. The lowest BCUT2D eigenvalue weighted by Crippen LogP contribution is -2.87. The quantitative estimate of drug-likeness (QED) is 0.661. The van der Waals surface area contributed by atoms with Crippen LogP contribution in [0, 0.1) is 5.92 Å². The summed E-state index contributed by atoms with van der Waals surface area (Å²) in [6.07, 6.45) is 3.00. The minimum atomic E-state index is -0.853. The highest BCUT2D eigenvalue weighted by Crippen LogP contribution is 2.35. The molecule has 146 valence electrons. The maximum Gasteiger partial charge on any atom is 0.344 e. The predicted octanol–water partition coefficient (Wildman–Crippen LogP) is 1.50. The van der Waals surface area contributed by atoms with Gasteiger partial charge in [0.2, 0.25) is 0 Å². The molecule has 3 rings (SSSR count). The molecule has 1 heterocycles. The number of nitrogens with one attached hydrogen (secondary N) is 2. The van der Waals surface area contributed by atoms with E-state index in [-0.39, 0.29) is 18.5 Å². The van der Waals surface area contributed by atoms with Gasteiger partial charge >= 0.3 is 6.03 Å². The molecule has 4 N–H and O–H groups in total. The zero-order valence-electron chi connectivity index (χ0n) is 15.6. The number of hydrogen-bond donors (Lipinski definition) is 3. The van der Waals surface area contributed by atoms with Crippen LogP contribution in [0.3, 0.4) is 0 Å². The van der Waals surface area contributed by atoms with E-state index in [4.69, 9.17) is 11.6 Å². The molecule has 1 aromatic rings. The van der Waals surface area contributed by atoms with Crippen molar-refractivity contribution in [3.05, 3.63) is 34.9 Å². The van der Waals surface area contributed by atoms with E-state index in [2.05, 4.69) is 17.7 Å². The van der Waals surface area contributed by atoms with E-state index in [9.17, 15) is 14.4 Å². The summed E-state index contributed by atoms with van der Waals surface area (Å²) in [5.41, 5.74) is 2.60. The standard InChI is InChI=1S/C19H25ClN4O3/c1-12-6-8-19(9-7-12)17(26)24(18(27)22-19)23-16(25)11-21-13(2)14-4-3-5-15(20)10-14/h3-5,10,12-13,21H,6-9,11H2,1-2H3,(H,22,27)(H,23,25)/p+1/t12?,13-,19?/m1/s1. The fourth-order valence-corrected chi connectivity index (χ4v) is 3.89. The van der Waals surface area contributed by atoms with E-state index in [1.54, 1.807) is 6.07 Å². The minimum absolute atomic E-state index is 0.0173. The molecule has 8 heteroatoms. The van der Waals surface area contributed by atoms with E-state index in [1.807, 2.05) is 30.4 Å². The van der Waals surface area contributed by atoms with Crippen molar-refractivity contribution in [3.63, 3.8) is 0 Å². The molecule has 7 nitrogen and oxygen atoms in total. The second-order valence-corrected chi connectivity index (χ2v) is 8.09. The molecule has 0 bridgehead atoms. The molecule has 1 aromatic carbocycles. The SMILES string of the molecule is CC1CCC2(CC1)NC(=O)N(NC(=O)C[NH2+][C@H](C)c1cccc(Cl)c1)C2=O. The van der Waals surface area contributed by atoms with Gasteiger partial charge in [0.1, 0.15) is 11.6 Å². The fraction of sp³-hybridized carbons (Fsp3) is 0.526. The van der Waals surface area contributed by atoms with Gasteiger partial charge in [0.05, 0.1) is 0 Å². The molecule has 1 aliphatic carbocycles. The highest BCUT2D eigenvalue weighted by Gasteiger charge is 2.52. The number of amides is 4. The third kappa shape index (κ3) is 4.25. The van der Waals surface area contributed by atoms with Gasteiger partial charge < -0.3 is 10.6 Å². The van der Waals surface area contributed by atoms with Crippen molar-refractivity contribution < 1.29 is 19.7 Å². The van der Waals surface area contributed by atoms with Crippen LogP contribution in [0.5, 0.6) is 0 Å². The van der Waals surface area contributed by atoms with Crippen molar-refractivity contribution in [1.29, 1.82) is 0 Å². The van der Waals surface area contributed by atoms with Crippen molar-refractivity contribution in [1.82, 2.24) is 15.8 Å². The maximum absolute atomic E-state index is 12.7. The Bertz CT molecular complexity index is 746. The topological polar surface area (TPSA) is 95.1 Å². The maximum atomic E-state index is 12.7. The third-order valence-corrected chi connectivity index (χ3v) is 5.79. The Labute approximate surface area is 163 Å².